The summed E-state index contributed by atoms with van der Waals surface area (Å²) in [5.74, 6) is -5.59. The van der Waals surface area contributed by atoms with E-state index in [1.165, 1.54) is 50.5 Å². The Balaban J connectivity index is 0.000000812. The van der Waals surface area contributed by atoms with Gasteiger partial charge in [-0.05, 0) is 106 Å². The van der Waals surface area contributed by atoms with Crippen LogP contribution in [0.4, 0.5) is 31.1 Å². The van der Waals surface area contributed by atoms with Crippen LogP contribution in [0.25, 0.3) is 0 Å². The van der Waals surface area contributed by atoms with Gasteiger partial charge in [0, 0.05) is 6.54 Å². The predicted octanol–water partition coefficient (Wildman–Crippen LogP) is 7.20. The second-order valence-electron chi connectivity index (χ2n) is 13.5. The molecule has 0 heterocycles. The molecule has 3 rings (SSSR count). The van der Waals surface area contributed by atoms with E-state index >= 15 is 0 Å². The summed E-state index contributed by atoms with van der Waals surface area (Å²) < 4.78 is 69.1. The average molecular weight is 758 g/mol. The number of hydrogen-bond donors (Lipinski definition) is 6. The lowest BCUT2D eigenvalue weighted by Crippen LogP contribution is -2.52. The molecule has 1 aromatic rings. The van der Waals surface area contributed by atoms with E-state index in [0.717, 1.165) is 70.1 Å². The number of aryl methyl sites for hydroxylation is 1. The van der Waals surface area contributed by atoms with Gasteiger partial charge in [0.05, 0.1) is 5.41 Å². The number of ether oxygens (including phenoxy) is 1. The molecule has 0 bridgehead atoms. The number of carboxylic acids is 3. The standard InChI is InChI=1S/C31H51N3O4.2C2HF3O2/c1-30-17-11-18-31(2,28(35)36)27(30)16-14-24-13-15-25(23-26(24)30)38-29(37)34-22-12-21-33-20-10-8-6-4-3-5-7-9-19-32;2*3-2(4,5)1(6)7/h13,15,23,27,33H,3-12,14,16-22,32H2,1-2H3,(H,34,37)(H,35,36);2*(H,6,7)/t27-,30-,31+;;/m1../s1. The molecule has 298 valence electrons. The number of fused-ring (bicyclic) bond motifs is 3. The minimum atomic E-state index is -5.08. The molecule has 0 unspecified atom stereocenters. The average Bonchev–Trinajstić information content (AvgIpc) is 3.04. The highest BCUT2D eigenvalue weighted by atomic mass is 19.4. The normalized spacial score (nSPS) is 20.8. The van der Waals surface area contributed by atoms with Gasteiger partial charge in [0.25, 0.3) is 0 Å². The topological polar surface area (TPSA) is 188 Å². The van der Waals surface area contributed by atoms with E-state index in [4.69, 9.17) is 30.3 Å². The molecular formula is C35H53F6N3O8. The van der Waals surface area contributed by atoms with E-state index in [9.17, 15) is 41.0 Å². The predicted molar refractivity (Wildman–Crippen MR) is 180 cm³/mol. The maximum atomic E-state index is 12.4. The van der Waals surface area contributed by atoms with Crippen LogP contribution in [0.3, 0.4) is 0 Å². The van der Waals surface area contributed by atoms with Gasteiger partial charge >= 0.3 is 36.4 Å². The highest BCUT2D eigenvalue weighted by molar-refractivity contribution is 5.76. The number of carboxylic acid groups (broad SMARTS) is 3. The molecule has 1 saturated carbocycles. The Morgan fingerprint density at radius 1 is 0.808 bits per heavy atom. The van der Waals surface area contributed by atoms with Crippen LogP contribution in [0.15, 0.2) is 18.2 Å². The van der Waals surface area contributed by atoms with Crippen molar-refractivity contribution in [3.05, 3.63) is 29.3 Å². The van der Waals surface area contributed by atoms with Crippen molar-refractivity contribution in [2.24, 2.45) is 17.1 Å². The number of benzene rings is 1. The molecule has 1 fully saturated rings. The Kier molecular flexibility index (Phi) is 19.5. The number of hydrogen-bond acceptors (Lipinski definition) is 7. The lowest BCUT2D eigenvalue weighted by atomic mass is 9.50. The molecule has 17 heteroatoms. The van der Waals surface area contributed by atoms with Gasteiger partial charge in [0.15, 0.2) is 0 Å². The lowest BCUT2D eigenvalue weighted by Gasteiger charge is -2.53. The smallest absolute Gasteiger partial charge is 0.481 e. The number of carbonyl (C=O) groups excluding carboxylic acids is 1. The van der Waals surface area contributed by atoms with Crippen molar-refractivity contribution in [3.63, 3.8) is 0 Å². The Hall–Kier alpha value is -3.60. The molecule has 0 radical (unpaired) electrons. The number of carbonyl (C=O) groups is 4. The molecule has 2 aliphatic rings. The molecule has 0 aliphatic heterocycles. The Morgan fingerprint density at radius 2 is 1.33 bits per heavy atom. The monoisotopic (exact) mass is 757 g/mol. The number of nitrogens with one attached hydrogen (secondary N) is 2. The minimum Gasteiger partial charge on any atom is -0.481 e. The van der Waals surface area contributed by atoms with Gasteiger partial charge in [-0.25, -0.2) is 14.4 Å². The van der Waals surface area contributed by atoms with E-state index < -0.39 is 41.8 Å². The van der Waals surface area contributed by atoms with Crippen LogP contribution in [-0.4, -0.2) is 77.9 Å². The van der Waals surface area contributed by atoms with Crippen molar-refractivity contribution in [2.45, 2.75) is 122 Å². The summed E-state index contributed by atoms with van der Waals surface area (Å²) in [6, 6.07) is 5.90. The minimum absolute atomic E-state index is 0.0804. The Labute approximate surface area is 300 Å². The molecule has 0 spiro atoms. The fraction of sp³-hybridized carbons (Fsp3) is 0.714. The van der Waals surface area contributed by atoms with Crippen LogP contribution in [0.5, 0.6) is 5.75 Å². The summed E-state index contributed by atoms with van der Waals surface area (Å²) in [5.41, 5.74) is 7.00. The first-order valence-corrected chi connectivity index (χ1v) is 17.5. The first kappa shape index (κ1) is 46.4. The lowest BCUT2D eigenvalue weighted by molar-refractivity contribution is -0.193. The molecule has 1 aromatic carbocycles. The van der Waals surface area contributed by atoms with Crippen LogP contribution in [0.1, 0.15) is 108 Å². The summed E-state index contributed by atoms with van der Waals surface area (Å²) in [4.78, 5) is 42.4. The third-order valence-electron chi connectivity index (χ3n) is 9.62. The first-order chi connectivity index (χ1) is 24.2. The van der Waals surface area contributed by atoms with Gasteiger partial charge in [0.2, 0.25) is 0 Å². The number of rotatable bonds is 16. The quantitative estimate of drug-likeness (QED) is 0.0744. The van der Waals surface area contributed by atoms with Crippen molar-refractivity contribution in [1.29, 1.82) is 0 Å². The largest absolute Gasteiger partial charge is 0.490 e. The molecule has 0 saturated heterocycles. The maximum absolute atomic E-state index is 12.4. The molecule has 3 atom stereocenters. The number of nitrogens with two attached hydrogens (primary N) is 1. The number of halogens is 6. The van der Waals surface area contributed by atoms with Crippen molar-refractivity contribution in [3.8, 4) is 5.75 Å². The highest BCUT2D eigenvalue weighted by Crippen LogP contribution is 2.57. The van der Waals surface area contributed by atoms with Crippen molar-refractivity contribution in [2.75, 3.05) is 26.2 Å². The van der Waals surface area contributed by atoms with Gasteiger partial charge in [0.1, 0.15) is 5.75 Å². The SMILES string of the molecule is C[C@]1(C(=O)O)CCC[C@]2(C)c3cc(OC(=O)NCCCNCCCCCCCCCCN)ccc3CC[C@@H]12.O=C(O)C(F)(F)F.O=C(O)C(F)(F)F. The van der Waals surface area contributed by atoms with Crippen LogP contribution in [0, 0.1) is 11.3 Å². The molecular weight excluding hydrogens is 704 g/mol. The van der Waals surface area contributed by atoms with Gasteiger partial charge in [-0.15, -0.1) is 0 Å². The third kappa shape index (κ3) is 15.6. The van der Waals surface area contributed by atoms with Gasteiger partial charge in [-0.1, -0.05) is 57.9 Å². The molecule has 1 amide bonds. The Bertz CT molecular complexity index is 1270. The molecule has 52 heavy (non-hydrogen) atoms. The van der Waals surface area contributed by atoms with E-state index in [0.29, 0.717) is 12.3 Å². The molecule has 2 aliphatic carbocycles. The summed E-state index contributed by atoms with van der Waals surface area (Å²) >= 11 is 0. The van der Waals surface area contributed by atoms with Crippen LogP contribution < -0.4 is 21.1 Å². The number of aliphatic carboxylic acids is 3. The fourth-order valence-electron chi connectivity index (χ4n) is 6.89. The number of alkyl halides is 6. The second kappa shape index (κ2) is 21.8. The third-order valence-corrected chi connectivity index (χ3v) is 9.62. The van der Waals surface area contributed by atoms with E-state index in [2.05, 4.69) is 23.6 Å². The van der Waals surface area contributed by atoms with Gasteiger partial charge < -0.3 is 36.4 Å². The van der Waals surface area contributed by atoms with Crippen molar-refractivity contribution >= 4 is 24.0 Å². The van der Waals surface area contributed by atoms with Crippen molar-refractivity contribution < 1.29 is 65.6 Å². The fourth-order valence-corrected chi connectivity index (χ4v) is 6.89. The Morgan fingerprint density at radius 3 is 1.85 bits per heavy atom. The second-order valence-corrected chi connectivity index (χ2v) is 13.5. The van der Waals surface area contributed by atoms with Crippen LogP contribution in [-0.2, 0) is 26.2 Å². The van der Waals surface area contributed by atoms with Gasteiger partial charge in [-0.3, -0.25) is 4.79 Å². The van der Waals surface area contributed by atoms with E-state index in [1.54, 1.807) is 0 Å². The zero-order chi connectivity index (χ0) is 39.6. The summed E-state index contributed by atoms with van der Waals surface area (Å²) in [7, 11) is 0. The summed E-state index contributed by atoms with van der Waals surface area (Å²) in [6.45, 7) is 7.40. The number of unbranched alkanes of at least 4 members (excludes halogenated alkanes) is 7. The van der Waals surface area contributed by atoms with Crippen LogP contribution >= 0.6 is 0 Å². The zero-order valence-corrected chi connectivity index (χ0v) is 29.8. The molecule has 11 nitrogen and oxygen atoms in total. The summed E-state index contributed by atoms with van der Waals surface area (Å²) in [6.07, 6.45) is 4.73. The molecule has 0 aromatic heterocycles. The highest BCUT2D eigenvalue weighted by Gasteiger charge is 2.55. The molecule has 7 N–H and O–H groups in total. The first-order valence-electron chi connectivity index (χ1n) is 17.5. The van der Waals surface area contributed by atoms with Crippen molar-refractivity contribution in [1.82, 2.24) is 10.6 Å². The number of amides is 1. The maximum Gasteiger partial charge on any atom is 0.490 e. The van der Waals surface area contributed by atoms with Crippen LogP contribution in [0.2, 0.25) is 0 Å². The zero-order valence-electron chi connectivity index (χ0n) is 29.8. The van der Waals surface area contributed by atoms with E-state index in [-0.39, 0.29) is 11.3 Å². The van der Waals surface area contributed by atoms with E-state index in [1.807, 2.05) is 19.1 Å². The van der Waals surface area contributed by atoms with Gasteiger partial charge in [-0.2, -0.15) is 26.3 Å². The summed E-state index contributed by atoms with van der Waals surface area (Å²) in [5, 5.41) is 30.6.